The van der Waals surface area contributed by atoms with Gasteiger partial charge in [-0.2, -0.15) is 0 Å². The summed E-state index contributed by atoms with van der Waals surface area (Å²) >= 11 is 0. The molecule has 0 saturated heterocycles. The van der Waals surface area contributed by atoms with Crippen LogP contribution < -0.4 is 5.32 Å². The monoisotopic (exact) mass is 216 g/mol. The van der Waals surface area contributed by atoms with Crippen LogP contribution in [0.15, 0.2) is 0 Å². The summed E-state index contributed by atoms with van der Waals surface area (Å²) in [5, 5.41) is 11.0. The minimum Gasteiger partial charge on any atom is -0.395 e. The molecule has 0 amide bonds. The Morgan fingerprint density at radius 3 is 2.50 bits per heavy atom. The molecule has 0 fully saturated rings. The maximum Gasteiger partial charge on any atom is 0.523 e. The van der Waals surface area contributed by atoms with E-state index in [0.717, 1.165) is 0 Å². The van der Waals surface area contributed by atoms with Gasteiger partial charge in [-0.3, -0.25) is 10.1 Å². The molecule has 0 rings (SSSR count). The van der Waals surface area contributed by atoms with E-state index in [1.54, 1.807) is 11.9 Å². The average Bonchev–Trinajstić information content (AvgIpc) is 2.02. The fourth-order valence-corrected chi connectivity index (χ4v) is 0.757. The minimum absolute atomic E-state index is 0.0373. The number of halogens is 3. The predicted octanol–water partition coefficient (Wildman–Crippen LogP) is -0.00600. The zero-order valence-corrected chi connectivity index (χ0v) is 7.97. The number of hydrogen-bond donors (Lipinski definition) is 2. The number of likely N-dealkylation sites (N-methyl/N-ethyl adjacent to an activating group) is 1. The van der Waals surface area contributed by atoms with Crippen LogP contribution in [0.4, 0.5) is 13.2 Å². The van der Waals surface area contributed by atoms with Crippen LogP contribution in [-0.4, -0.2) is 56.4 Å². The molecule has 0 aromatic heterocycles. The van der Waals surface area contributed by atoms with Crippen LogP contribution in [0.25, 0.3) is 0 Å². The molecule has 0 heterocycles. The molecule has 14 heavy (non-hydrogen) atoms. The van der Waals surface area contributed by atoms with Crippen molar-refractivity contribution >= 4 is 0 Å². The van der Waals surface area contributed by atoms with E-state index in [4.69, 9.17) is 5.11 Å². The summed E-state index contributed by atoms with van der Waals surface area (Å²) in [5.41, 5.74) is 0. The van der Waals surface area contributed by atoms with Gasteiger partial charge in [-0.15, -0.1) is 13.2 Å². The van der Waals surface area contributed by atoms with Gasteiger partial charge in [-0.1, -0.05) is 0 Å². The smallest absolute Gasteiger partial charge is 0.395 e. The van der Waals surface area contributed by atoms with Crippen molar-refractivity contribution in [3.8, 4) is 0 Å². The van der Waals surface area contributed by atoms with Crippen LogP contribution in [0.2, 0.25) is 0 Å². The van der Waals surface area contributed by atoms with E-state index in [0.29, 0.717) is 19.6 Å². The van der Waals surface area contributed by atoms with E-state index < -0.39 is 13.1 Å². The number of alkyl halides is 3. The topological polar surface area (TPSA) is 44.7 Å². The zero-order chi connectivity index (χ0) is 11.0. The summed E-state index contributed by atoms with van der Waals surface area (Å²) in [7, 11) is 1.77. The highest BCUT2D eigenvalue weighted by atomic mass is 19.4. The Morgan fingerprint density at radius 1 is 1.36 bits per heavy atom. The first-order valence-electron chi connectivity index (χ1n) is 4.16. The third-order valence-corrected chi connectivity index (χ3v) is 1.49. The molecule has 0 atom stereocenters. The summed E-state index contributed by atoms with van der Waals surface area (Å²) in [6.45, 7) is 0.933. The second-order valence-corrected chi connectivity index (χ2v) is 2.76. The fraction of sp³-hybridized carbons (Fsp3) is 1.00. The van der Waals surface area contributed by atoms with Gasteiger partial charge in [0.1, 0.15) is 6.73 Å². The Bertz CT molecular complexity index is 143. The van der Waals surface area contributed by atoms with Crippen LogP contribution in [0.3, 0.4) is 0 Å². The van der Waals surface area contributed by atoms with Crippen LogP contribution in [-0.2, 0) is 4.74 Å². The molecular formula is C7H15F3N2O2. The van der Waals surface area contributed by atoms with Crippen molar-refractivity contribution in [1.29, 1.82) is 0 Å². The molecule has 2 N–H and O–H groups in total. The standard InChI is InChI=1S/C7H15F3N2O2/c1-12(4-5-13)3-2-11-6-14-7(8,9)10/h11,13H,2-6H2,1H3. The van der Waals surface area contributed by atoms with Crippen molar-refractivity contribution in [2.45, 2.75) is 6.36 Å². The van der Waals surface area contributed by atoms with E-state index in [-0.39, 0.29) is 6.61 Å². The first-order chi connectivity index (χ1) is 6.45. The third kappa shape index (κ3) is 9.72. The predicted molar refractivity (Wildman–Crippen MR) is 44.6 cm³/mol. The molecule has 0 spiro atoms. The van der Waals surface area contributed by atoms with Crippen LogP contribution in [0.5, 0.6) is 0 Å². The van der Waals surface area contributed by atoms with Crippen molar-refractivity contribution in [3.63, 3.8) is 0 Å². The maximum absolute atomic E-state index is 11.5. The van der Waals surface area contributed by atoms with Gasteiger partial charge in [0.25, 0.3) is 0 Å². The highest BCUT2D eigenvalue weighted by Crippen LogP contribution is 2.14. The molecule has 0 aliphatic heterocycles. The molecule has 7 heteroatoms. The van der Waals surface area contributed by atoms with Crippen molar-refractivity contribution in [3.05, 3.63) is 0 Å². The van der Waals surface area contributed by atoms with Crippen LogP contribution in [0, 0.1) is 0 Å². The lowest BCUT2D eigenvalue weighted by Crippen LogP contribution is -2.33. The quantitative estimate of drug-likeness (QED) is 0.464. The minimum atomic E-state index is -4.58. The molecular weight excluding hydrogens is 201 g/mol. The highest BCUT2D eigenvalue weighted by Gasteiger charge is 2.28. The van der Waals surface area contributed by atoms with Gasteiger partial charge in [0.2, 0.25) is 0 Å². The zero-order valence-electron chi connectivity index (χ0n) is 7.97. The van der Waals surface area contributed by atoms with Gasteiger partial charge < -0.3 is 10.0 Å². The number of aliphatic hydroxyl groups is 1. The van der Waals surface area contributed by atoms with Gasteiger partial charge in [0, 0.05) is 19.6 Å². The summed E-state index contributed by atoms with van der Waals surface area (Å²) in [5.74, 6) is 0. The largest absolute Gasteiger partial charge is 0.523 e. The Kier molecular flexibility index (Phi) is 6.81. The molecule has 0 aromatic carbocycles. The van der Waals surface area contributed by atoms with Crippen molar-refractivity contribution in [2.75, 3.05) is 40.0 Å². The highest BCUT2D eigenvalue weighted by molar-refractivity contribution is 4.51. The SMILES string of the molecule is CN(CCO)CCNCOC(F)(F)F. The molecule has 0 aromatic rings. The Labute approximate surface area is 80.6 Å². The number of nitrogens with zero attached hydrogens (tertiary/aromatic N) is 1. The molecule has 86 valence electrons. The maximum atomic E-state index is 11.5. The van der Waals surface area contributed by atoms with Crippen LogP contribution in [0.1, 0.15) is 0 Å². The van der Waals surface area contributed by atoms with Crippen molar-refractivity contribution in [1.82, 2.24) is 10.2 Å². The molecule has 0 unspecified atom stereocenters. The molecule has 0 bridgehead atoms. The van der Waals surface area contributed by atoms with E-state index in [1.807, 2.05) is 0 Å². The molecule has 0 radical (unpaired) electrons. The van der Waals surface area contributed by atoms with E-state index in [9.17, 15) is 13.2 Å². The average molecular weight is 216 g/mol. The molecule has 0 saturated carbocycles. The lowest BCUT2D eigenvalue weighted by molar-refractivity contribution is -0.326. The lowest BCUT2D eigenvalue weighted by atomic mass is 10.5. The second kappa shape index (κ2) is 6.99. The van der Waals surface area contributed by atoms with Crippen molar-refractivity contribution < 1.29 is 23.0 Å². The van der Waals surface area contributed by atoms with E-state index in [1.165, 1.54) is 0 Å². The lowest BCUT2D eigenvalue weighted by Gasteiger charge is -2.15. The number of hydrogen-bond acceptors (Lipinski definition) is 4. The number of nitrogens with one attached hydrogen (secondary N) is 1. The first kappa shape index (κ1) is 13.6. The third-order valence-electron chi connectivity index (χ3n) is 1.49. The van der Waals surface area contributed by atoms with Gasteiger partial charge in [0.15, 0.2) is 0 Å². The van der Waals surface area contributed by atoms with E-state index >= 15 is 0 Å². The van der Waals surface area contributed by atoms with Gasteiger partial charge in [0.05, 0.1) is 6.61 Å². The summed E-state index contributed by atoms with van der Waals surface area (Å²) in [6.07, 6.45) is -4.58. The Balaban J connectivity index is 3.21. The first-order valence-corrected chi connectivity index (χ1v) is 4.16. The van der Waals surface area contributed by atoms with Gasteiger partial charge >= 0.3 is 6.36 Å². The van der Waals surface area contributed by atoms with Gasteiger partial charge in [-0.05, 0) is 7.05 Å². The fourth-order valence-electron chi connectivity index (χ4n) is 0.757. The second-order valence-electron chi connectivity index (χ2n) is 2.76. The summed E-state index contributed by atoms with van der Waals surface area (Å²) in [6, 6.07) is 0. The molecule has 0 aliphatic rings. The van der Waals surface area contributed by atoms with Crippen LogP contribution >= 0.6 is 0 Å². The summed E-state index contributed by atoms with van der Waals surface area (Å²) < 4.78 is 37.9. The summed E-state index contributed by atoms with van der Waals surface area (Å²) in [4.78, 5) is 1.79. The molecule has 4 nitrogen and oxygen atoms in total. The molecule has 0 aliphatic carbocycles. The number of rotatable bonds is 7. The number of aliphatic hydroxyl groups excluding tert-OH is 1. The van der Waals surface area contributed by atoms with E-state index in [2.05, 4.69) is 10.1 Å². The Hall–Kier alpha value is -0.370. The normalized spacial score (nSPS) is 12.4. The number of ether oxygens (including phenoxy) is 1. The Morgan fingerprint density at radius 2 is 2.00 bits per heavy atom. The van der Waals surface area contributed by atoms with Crippen molar-refractivity contribution in [2.24, 2.45) is 0 Å². The van der Waals surface area contributed by atoms with Gasteiger partial charge in [-0.25, -0.2) is 0 Å².